The Morgan fingerprint density at radius 3 is 2.50 bits per heavy atom. The molecule has 1 unspecified atom stereocenters. The second kappa shape index (κ2) is 10.5. The topological polar surface area (TPSA) is 118 Å². The van der Waals surface area contributed by atoms with Gasteiger partial charge in [-0.15, -0.1) is 0 Å². The fraction of sp³-hybridized carbons (Fsp3) is 0.735. The van der Waals surface area contributed by atoms with E-state index in [2.05, 4.69) is 19.6 Å². The van der Waals surface area contributed by atoms with E-state index < -0.39 is 70.9 Å². The SMILES string of the molecule is C=C(C)[C@]12C[C@@H](C)[C@@]34OC(/C=C/C=C\CCCCCCCCC)(O[C@@H]1[C@@H]3[C@@H]1O[C@]1(CO)[C@@H](O)[C@]1(O)C(=O)C(C)=C[C@H]14)O2. The number of aliphatic hydroxyl groups excluding tert-OH is 2. The average Bonchev–Trinajstić information content (AvgIpc) is 3.60. The maximum atomic E-state index is 13.5. The summed E-state index contributed by atoms with van der Waals surface area (Å²) >= 11 is 0. The molecular weight excluding hydrogens is 536 g/mol. The van der Waals surface area contributed by atoms with E-state index in [4.69, 9.17) is 18.9 Å². The van der Waals surface area contributed by atoms with E-state index in [0.29, 0.717) is 12.0 Å². The molecule has 3 bridgehead atoms. The van der Waals surface area contributed by atoms with Crippen LogP contribution in [0.4, 0.5) is 0 Å². The molecule has 0 radical (unpaired) electrons. The third kappa shape index (κ3) is 3.95. The molecule has 0 aromatic rings. The molecule has 6 rings (SSSR count). The Hall–Kier alpha value is -1.65. The van der Waals surface area contributed by atoms with Crippen LogP contribution < -0.4 is 0 Å². The van der Waals surface area contributed by atoms with Crippen LogP contribution in [0.25, 0.3) is 0 Å². The largest absolute Gasteiger partial charge is 0.393 e. The fourth-order valence-corrected chi connectivity index (χ4v) is 8.98. The van der Waals surface area contributed by atoms with E-state index in [0.717, 1.165) is 18.4 Å². The molecule has 3 heterocycles. The third-order valence-corrected chi connectivity index (χ3v) is 11.2. The second-order valence-electron chi connectivity index (χ2n) is 13.7. The summed E-state index contributed by atoms with van der Waals surface area (Å²) in [6.07, 6.45) is 16.9. The van der Waals surface area contributed by atoms with Gasteiger partial charge in [-0.05, 0) is 50.2 Å². The first kappa shape index (κ1) is 30.4. The molecule has 3 aliphatic carbocycles. The normalized spacial score (nSPS) is 48.4. The summed E-state index contributed by atoms with van der Waals surface area (Å²) in [5.74, 6) is -3.80. The van der Waals surface area contributed by atoms with Crippen LogP contribution in [0.15, 0.2) is 48.1 Å². The second-order valence-corrected chi connectivity index (χ2v) is 13.7. The molecule has 3 N–H and O–H groups in total. The summed E-state index contributed by atoms with van der Waals surface area (Å²) in [6, 6.07) is 0. The predicted molar refractivity (Wildman–Crippen MR) is 156 cm³/mol. The number of carbonyl (C=O) groups excluding carboxylic acids is 1. The van der Waals surface area contributed by atoms with Crippen molar-refractivity contribution in [1.82, 2.24) is 0 Å². The Labute approximate surface area is 249 Å². The monoisotopic (exact) mass is 584 g/mol. The number of fused-ring (bicyclic) bond motifs is 3. The van der Waals surface area contributed by atoms with Crippen molar-refractivity contribution in [3.8, 4) is 0 Å². The highest BCUT2D eigenvalue weighted by molar-refractivity contribution is 6.05. The van der Waals surface area contributed by atoms with Crippen molar-refractivity contribution in [3.05, 3.63) is 48.1 Å². The first-order valence-corrected chi connectivity index (χ1v) is 16.0. The molecule has 0 spiro atoms. The maximum Gasteiger partial charge on any atom is 0.306 e. The Balaban J connectivity index is 1.31. The van der Waals surface area contributed by atoms with Crippen LogP contribution in [0.3, 0.4) is 0 Å². The molecule has 6 aliphatic rings. The minimum absolute atomic E-state index is 0.236. The molecule has 5 fully saturated rings. The van der Waals surface area contributed by atoms with Crippen molar-refractivity contribution in [2.45, 2.75) is 132 Å². The lowest BCUT2D eigenvalue weighted by Crippen LogP contribution is -2.72. The van der Waals surface area contributed by atoms with Gasteiger partial charge in [-0.1, -0.05) is 83.3 Å². The van der Waals surface area contributed by atoms with E-state index in [1.807, 2.05) is 26.0 Å². The van der Waals surface area contributed by atoms with Gasteiger partial charge in [0, 0.05) is 17.9 Å². The van der Waals surface area contributed by atoms with Crippen LogP contribution >= 0.6 is 0 Å². The number of epoxide rings is 1. The van der Waals surface area contributed by atoms with Crippen molar-refractivity contribution in [2.75, 3.05) is 6.61 Å². The van der Waals surface area contributed by atoms with Crippen molar-refractivity contribution in [3.63, 3.8) is 0 Å². The van der Waals surface area contributed by atoms with Crippen LogP contribution in [-0.4, -0.2) is 74.4 Å². The maximum absolute atomic E-state index is 13.5. The van der Waals surface area contributed by atoms with Crippen LogP contribution in [0.1, 0.15) is 85.5 Å². The zero-order chi connectivity index (χ0) is 30.1. The lowest BCUT2D eigenvalue weighted by Gasteiger charge is -2.59. The summed E-state index contributed by atoms with van der Waals surface area (Å²) < 4.78 is 26.5. The molecular formula is C34H48O8. The molecule has 0 aromatic carbocycles. The Morgan fingerprint density at radius 1 is 1.10 bits per heavy atom. The highest BCUT2D eigenvalue weighted by Crippen LogP contribution is 2.72. The van der Waals surface area contributed by atoms with Crippen LogP contribution in [0, 0.1) is 17.8 Å². The van der Waals surface area contributed by atoms with Gasteiger partial charge in [0.15, 0.2) is 11.4 Å². The van der Waals surface area contributed by atoms with Gasteiger partial charge in [0.05, 0.1) is 12.2 Å². The van der Waals surface area contributed by atoms with E-state index in [1.165, 1.54) is 38.5 Å². The van der Waals surface area contributed by atoms with Crippen molar-refractivity contribution < 1.29 is 39.1 Å². The third-order valence-electron chi connectivity index (χ3n) is 11.2. The molecule has 3 aliphatic heterocycles. The van der Waals surface area contributed by atoms with Gasteiger partial charge < -0.3 is 34.3 Å². The minimum Gasteiger partial charge on any atom is -0.393 e. The zero-order valence-corrected chi connectivity index (χ0v) is 25.5. The first-order chi connectivity index (χ1) is 20.0. The van der Waals surface area contributed by atoms with E-state index in [1.54, 1.807) is 19.1 Å². The van der Waals surface area contributed by atoms with Gasteiger partial charge in [0.1, 0.15) is 29.5 Å². The highest BCUT2D eigenvalue weighted by Gasteiger charge is 2.88. The molecule has 3 saturated heterocycles. The number of unbranched alkanes of at least 4 members (excludes halogenated alkanes) is 7. The molecule has 2 saturated carbocycles. The van der Waals surface area contributed by atoms with Gasteiger partial charge in [0.25, 0.3) is 0 Å². The van der Waals surface area contributed by atoms with Gasteiger partial charge >= 0.3 is 5.97 Å². The number of rotatable bonds is 12. The number of allylic oxidation sites excluding steroid dienone is 3. The average molecular weight is 585 g/mol. The van der Waals surface area contributed by atoms with Crippen LogP contribution in [0.2, 0.25) is 0 Å². The summed E-state index contributed by atoms with van der Waals surface area (Å²) in [5.41, 5.74) is -4.66. The number of hydrogen-bond donors (Lipinski definition) is 3. The highest BCUT2D eigenvalue weighted by atomic mass is 16.9. The number of Topliss-reactive ketones (excluding diaryl/α,β-unsaturated/α-hetero) is 1. The Morgan fingerprint density at radius 2 is 1.81 bits per heavy atom. The Bertz CT molecular complexity index is 1210. The molecule has 232 valence electrons. The number of ether oxygens (including phenoxy) is 4. The number of carbonyl (C=O) groups is 1. The molecule has 8 nitrogen and oxygen atoms in total. The van der Waals surface area contributed by atoms with Crippen LogP contribution in [0.5, 0.6) is 0 Å². The van der Waals surface area contributed by atoms with Crippen molar-refractivity contribution in [1.29, 1.82) is 0 Å². The molecule has 11 atom stereocenters. The summed E-state index contributed by atoms with van der Waals surface area (Å²) in [6.45, 7) is 11.6. The molecule has 0 amide bonds. The molecule has 8 heteroatoms. The minimum atomic E-state index is -2.22. The molecule has 42 heavy (non-hydrogen) atoms. The van der Waals surface area contributed by atoms with Crippen molar-refractivity contribution in [2.24, 2.45) is 17.8 Å². The number of hydrogen-bond acceptors (Lipinski definition) is 8. The summed E-state index contributed by atoms with van der Waals surface area (Å²) in [5, 5.41) is 34.2. The van der Waals surface area contributed by atoms with E-state index in [9.17, 15) is 20.1 Å². The van der Waals surface area contributed by atoms with E-state index in [-0.39, 0.29) is 5.92 Å². The van der Waals surface area contributed by atoms with Gasteiger partial charge in [0.2, 0.25) is 0 Å². The fourth-order valence-electron chi connectivity index (χ4n) is 8.98. The van der Waals surface area contributed by atoms with Crippen LogP contribution in [-0.2, 0) is 23.7 Å². The first-order valence-electron chi connectivity index (χ1n) is 16.0. The van der Waals surface area contributed by atoms with Gasteiger partial charge in [-0.25, -0.2) is 0 Å². The lowest BCUT2D eigenvalue weighted by atomic mass is 9.54. The van der Waals surface area contributed by atoms with Gasteiger partial charge in [-0.2, -0.15) is 0 Å². The smallest absolute Gasteiger partial charge is 0.306 e. The zero-order valence-electron chi connectivity index (χ0n) is 25.5. The summed E-state index contributed by atoms with van der Waals surface area (Å²) in [7, 11) is 0. The standard InChI is InChI=1S/C34H48O8/c1-6-7-8-9-10-11-12-13-14-15-16-17-32-40-27-25-28-31(20-35,39-28)29(37)33(38)24(18-22(4)26(33)36)34(25,42-32)23(5)19-30(27,41-32)21(2)3/h14-18,23-25,27-29,35,37-38H,2,6-13,19-20H2,1,3-5H3/b15-14-,17-16+/t23-,24-,25-,27-,28+,29-,30-,31+,32?,33-,34+/m1/s1. The predicted octanol–water partition coefficient (Wildman–Crippen LogP) is 4.43. The molecule has 0 aromatic heterocycles. The Kier molecular flexibility index (Phi) is 7.57. The van der Waals surface area contributed by atoms with E-state index >= 15 is 0 Å². The lowest BCUT2D eigenvalue weighted by molar-refractivity contribution is -0.406. The summed E-state index contributed by atoms with van der Waals surface area (Å²) in [4.78, 5) is 13.5. The number of ketones is 1. The van der Waals surface area contributed by atoms with Gasteiger partial charge in [-0.3, -0.25) is 4.79 Å². The quantitative estimate of drug-likeness (QED) is 0.134. The number of aliphatic hydroxyl groups is 3. The van der Waals surface area contributed by atoms with Crippen molar-refractivity contribution >= 4 is 5.78 Å².